The molecule has 1 aliphatic carbocycles. The third kappa shape index (κ3) is 3.35. The number of allylic oxidation sites excluding steroid dienone is 2. The Hall–Kier alpha value is -2.66. The third-order valence-electron chi connectivity index (χ3n) is 5.40. The van der Waals surface area contributed by atoms with Gasteiger partial charge >= 0.3 is 0 Å². The lowest BCUT2D eigenvalue weighted by molar-refractivity contribution is 0.110. The number of aromatic hydroxyl groups is 2. The molecular weight excluding hydrogens is 342 g/mol. The smallest absolute Gasteiger partial charge is 0.142 e. The van der Waals surface area contributed by atoms with E-state index >= 15 is 0 Å². The van der Waals surface area contributed by atoms with Gasteiger partial charge in [-0.05, 0) is 43.0 Å². The Balaban J connectivity index is 1.68. The van der Waals surface area contributed by atoms with Gasteiger partial charge in [-0.15, -0.1) is 0 Å². The SMILES string of the molecule is CCOCCOc1cccc2c1NC(c1ccc(O)cc1O)C1CC=CC21. The summed E-state index contributed by atoms with van der Waals surface area (Å²) < 4.78 is 11.3. The van der Waals surface area contributed by atoms with E-state index < -0.39 is 0 Å². The number of hydrogen-bond acceptors (Lipinski definition) is 5. The minimum atomic E-state index is -0.0604. The van der Waals surface area contributed by atoms with Crippen LogP contribution in [0.15, 0.2) is 48.6 Å². The Labute approximate surface area is 159 Å². The summed E-state index contributed by atoms with van der Waals surface area (Å²) in [5.74, 6) is 1.56. The fraction of sp³-hybridized carbons (Fsp3) is 0.364. The minimum Gasteiger partial charge on any atom is -0.508 e. The van der Waals surface area contributed by atoms with Gasteiger partial charge in [-0.1, -0.05) is 24.3 Å². The van der Waals surface area contributed by atoms with Gasteiger partial charge in [-0.3, -0.25) is 0 Å². The molecule has 142 valence electrons. The maximum Gasteiger partial charge on any atom is 0.142 e. The number of nitrogens with one attached hydrogen (secondary N) is 1. The number of benzene rings is 2. The molecule has 3 N–H and O–H groups in total. The molecule has 0 spiro atoms. The number of fused-ring (bicyclic) bond motifs is 3. The lowest BCUT2D eigenvalue weighted by Gasteiger charge is -2.38. The van der Waals surface area contributed by atoms with Crippen molar-refractivity contribution in [2.75, 3.05) is 25.1 Å². The van der Waals surface area contributed by atoms with E-state index in [2.05, 4.69) is 23.5 Å². The van der Waals surface area contributed by atoms with E-state index in [1.165, 1.54) is 11.6 Å². The molecule has 0 amide bonds. The van der Waals surface area contributed by atoms with Crippen molar-refractivity contribution in [1.82, 2.24) is 0 Å². The van der Waals surface area contributed by atoms with Gasteiger partial charge in [-0.2, -0.15) is 0 Å². The molecule has 0 aromatic heterocycles. The molecule has 0 fully saturated rings. The zero-order valence-corrected chi connectivity index (χ0v) is 15.4. The van der Waals surface area contributed by atoms with Gasteiger partial charge in [0.05, 0.1) is 18.3 Å². The number of hydrogen-bond donors (Lipinski definition) is 3. The predicted molar refractivity (Wildman–Crippen MR) is 105 cm³/mol. The van der Waals surface area contributed by atoms with Gasteiger partial charge in [0, 0.05) is 24.2 Å². The summed E-state index contributed by atoms with van der Waals surface area (Å²) in [6.45, 7) is 3.68. The van der Waals surface area contributed by atoms with Crippen molar-refractivity contribution in [1.29, 1.82) is 0 Å². The second-order valence-corrected chi connectivity index (χ2v) is 6.98. The van der Waals surface area contributed by atoms with Gasteiger partial charge in [0.25, 0.3) is 0 Å². The Kier molecular flexibility index (Phi) is 4.94. The molecule has 5 nitrogen and oxygen atoms in total. The first-order valence-electron chi connectivity index (χ1n) is 9.47. The van der Waals surface area contributed by atoms with Gasteiger partial charge < -0.3 is 25.0 Å². The molecule has 3 atom stereocenters. The first-order valence-corrected chi connectivity index (χ1v) is 9.47. The lowest BCUT2D eigenvalue weighted by atomic mass is 9.76. The minimum absolute atomic E-state index is 0.0604. The van der Waals surface area contributed by atoms with Crippen molar-refractivity contribution in [2.24, 2.45) is 5.92 Å². The van der Waals surface area contributed by atoms with Crippen LogP contribution >= 0.6 is 0 Å². The Morgan fingerprint density at radius 3 is 2.81 bits per heavy atom. The van der Waals surface area contributed by atoms with Gasteiger partial charge in [0.2, 0.25) is 0 Å². The predicted octanol–water partition coefficient (Wildman–Crippen LogP) is 4.34. The number of rotatable bonds is 6. The first-order chi connectivity index (χ1) is 13.2. The average molecular weight is 367 g/mol. The summed E-state index contributed by atoms with van der Waals surface area (Å²) in [7, 11) is 0. The van der Waals surface area contributed by atoms with Crippen LogP contribution in [0.2, 0.25) is 0 Å². The van der Waals surface area contributed by atoms with Crippen LogP contribution in [0.5, 0.6) is 17.2 Å². The number of anilines is 1. The van der Waals surface area contributed by atoms with E-state index in [0.29, 0.717) is 25.7 Å². The van der Waals surface area contributed by atoms with Crippen molar-refractivity contribution >= 4 is 5.69 Å². The summed E-state index contributed by atoms with van der Waals surface area (Å²) in [6.07, 6.45) is 5.40. The monoisotopic (exact) mass is 367 g/mol. The van der Waals surface area contributed by atoms with E-state index in [1.54, 1.807) is 12.1 Å². The van der Waals surface area contributed by atoms with Crippen LogP contribution in [0.1, 0.15) is 36.4 Å². The number of phenolic OH excluding ortho intramolecular Hbond substituents is 2. The highest BCUT2D eigenvalue weighted by atomic mass is 16.5. The molecule has 2 aliphatic rings. The zero-order valence-electron chi connectivity index (χ0n) is 15.4. The maximum atomic E-state index is 10.4. The van der Waals surface area contributed by atoms with Crippen molar-refractivity contribution in [3.63, 3.8) is 0 Å². The number of phenols is 2. The van der Waals surface area contributed by atoms with Crippen LogP contribution < -0.4 is 10.1 Å². The number of para-hydroxylation sites is 1. The van der Waals surface area contributed by atoms with Crippen LogP contribution in [0.3, 0.4) is 0 Å². The Morgan fingerprint density at radius 1 is 1.11 bits per heavy atom. The van der Waals surface area contributed by atoms with Crippen LogP contribution in [0.4, 0.5) is 5.69 Å². The van der Waals surface area contributed by atoms with E-state index in [-0.39, 0.29) is 23.5 Å². The highest BCUT2D eigenvalue weighted by Crippen LogP contribution is 2.53. The summed E-state index contributed by atoms with van der Waals surface area (Å²) in [5.41, 5.74) is 2.98. The first kappa shape index (κ1) is 17.7. The van der Waals surface area contributed by atoms with E-state index in [1.807, 2.05) is 19.1 Å². The third-order valence-corrected chi connectivity index (χ3v) is 5.40. The second-order valence-electron chi connectivity index (χ2n) is 6.98. The Morgan fingerprint density at radius 2 is 2.00 bits per heavy atom. The van der Waals surface area contributed by atoms with Crippen molar-refractivity contribution in [3.8, 4) is 17.2 Å². The molecule has 4 rings (SSSR count). The van der Waals surface area contributed by atoms with Crippen LogP contribution in [-0.2, 0) is 4.74 Å². The van der Waals surface area contributed by atoms with Gasteiger partial charge in [-0.25, -0.2) is 0 Å². The molecule has 5 heteroatoms. The molecule has 27 heavy (non-hydrogen) atoms. The highest BCUT2D eigenvalue weighted by molar-refractivity contribution is 5.68. The summed E-state index contributed by atoms with van der Waals surface area (Å²) in [5, 5.41) is 23.7. The quantitative estimate of drug-likeness (QED) is 0.523. The summed E-state index contributed by atoms with van der Waals surface area (Å²) in [4.78, 5) is 0. The van der Waals surface area contributed by atoms with E-state index in [9.17, 15) is 10.2 Å². The molecule has 0 saturated heterocycles. The summed E-state index contributed by atoms with van der Waals surface area (Å²) in [6, 6.07) is 10.9. The zero-order chi connectivity index (χ0) is 18.8. The standard InChI is InChI=1S/C22H25NO4/c1-2-26-11-12-27-20-8-4-7-17-15-5-3-6-16(15)21(23-22(17)20)18-10-9-14(24)13-19(18)25/h3-5,7-10,13,15-16,21,23-25H,2,6,11-12H2,1H3. The molecule has 0 saturated carbocycles. The largest absolute Gasteiger partial charge is 0.508 e. The number of ether oxygens (including phenoxy) is 2. The van der Waals surface area contributed by atoms with E-state index in [4.69, 9.17) is 9.47 Å². The topological polar surface area (TPSA) is 71.0 Å². The Bertz CT molecular complexity index is 848. The fourth-order valence-electron chi connectivity index (χ4n) is 4.17. The van der Waals surface area contributed by atoms with Crippen LogP contribution in [0.25, 0.3) is 0 Å². The van der Waals surface area contributed by atoms with Crippen LogP contribution in [0, 0.1) is 5.92 Å². The molecule has 0 radical (unpaired) electrons. The van der Waals surface area contributed by atoms with Crippen molar-refractivity contribution < 1.29 is 19.7 Å². The highest BCUT2D eigenvalue weighted by Gasteiger charge is 2.39. The summed E-state index contributed by atoms with van der Waals surface area (Å²) >= 11 is 0. The average Bonchev–Trinajstić information content (AvgIpc) is 3.15. The van der Waals surface area contributed by atoms with Crippen molar-refractivity contribution in [3.05, 3.63) is 59.7 Å². The molecule has 2 aromatic rings. The molecular formula is C22H25NO4. The molecule has 2 aromatic carbocycles. The molecule has 1 aliphatic heterocycles. The lowest BCUT2D eigenvalue weighted by Crippen LogP contribution is -2.29. The van der Waals surface area contributed by atoms with Gasteiger partial charge in [0.15, 0.2) is 0 Å². The second kappa shape index (κ2) is 7.53. The normalized spacial score (nSPS) is 22.8. The molecule has 0 bridgehead atoms. The fourth-order valence-corrected chi connectivity index (χ4v) is 4.17. The van der Waals surface area contributed by atoms with Crippen LogP contribution in [-0.4, -0.2) is 30.0 Å². The van der Waals surface area contributed by atoms with E-state index in [0.717, 1.165) is 23.4 Å². The van der Waals surface area contributed by atoms with Crippen molar-refractivity contribution in [2.45, 2.75) is 25.3 Å². The maximum absolute atomic E-state index is 10.4. The molecule has 1 heterocycles. The van der Waals surface area contributed by atoms with Gasteiger partial charge in [0.1, 0.15) is 23.9 Å². The molecule has 3 unspecified atom stereocenters.